The Morgan fingerprint density at radius 2 is 1.72 bits per heavy atom. The number of rotatable bonds is 7. The third-order valence-electron chi connectivity index (χ3n) is 4.53. The van der Waals surface area contributed by atoms with Gasteiger partial charge in [-0.3, -0.25) is 4.79 Å². The van der Waals surface area contributed by atoms with E-state index in [0.29, 0.717) is 36.2 Å². The van der Waals surface area contributed by atoms with Gasteiger partial charge in [0, 0.05) is 17.9 Å². The Morgan fingerprint density at radius 1 is 1.03 bits per heavy atom. The van der Waals surface area contributed by atoms with Crippen molar-refractivity contribution in [2.75, 3.05) is 17.2 Å². The second-order valence-electron chi connectivity index (χ2n) is 7.25. The first-order chi connectivity index (χ1) is 13.9. The molecule has 0 aliphatic rings. The molecule has 1 amide bonds. The van der Waals surface area contributed by atoms with Gasteiger partial charge in [0.1, 0.15) is 11.5 Å². The highest BCUT2D eigenvalue weighted by molar-refractivity contribution is 6.03. The van der Waals surface area contributed by atoms with Gasteiger partial charge < -0.3 is 10.6 Å². The first-order valence-electron chi connectivity index (χ1n) is 9.66. The van der Waals surface area contributed by atoms with Crippen molar-refractivity contribution in [2.24, 2.45) is 0 Å². The molecule has 0 fully saturated rings. The average Bonchev–Trinajstić information content (AvgIpc) is 2.69. The molecule has 0 saturated carbocycles. The molecule has 2 N–H and O–H groups in total. The van der Waals surface area contributed by atoms with E-state index in [0.717, 1.165) is 11.3 Å². The van der Waals surface area contributed by atoms with E-state index in [2.05, 4.69) is 34.4 Å². The maximum Gasteiger partial charge on any atom is 0.274 e. The second-order valence-corrected chi connectivity index (χ2v) is 7.25. The van der Waals surface area contributed by atoms with Gasteiger partial charge in [0.2, 0.25) is 5.95 Å². The molecule has 6 heteroatoms. The van der Waals surface area contributed by atoms with Gasteiger partial charge in [-0.15, -0.1) is 0 Å². The summed E-state index contributed by atoms with van der Waals surface area (Å²) in [6, 6.07) is 15.8. The first kappa shape index (κ1) is 20.5. The standard InChI is InChI=1S/C23H25FN4O/c1-15(2)18-6-10-20(11-7-18)27-22(29)21-14-16(3)26-23(28-21)25-13-12-17-4-8-19(24)9-5-17/h4-11,14-15H,12-13H2,1-3H3,(H,27,29)(H,25,26,28). The molecular formula is C23H25FN4O. The van der Waals surface area contributed by atoms with Crippen molar-refractivity contribution in [3.63, 3.8) is 0 Å². The Labute approximate surface area is 170 Å². The van der Waals surface area contributed by atoms with E-state index in [-0.39, 0.29) is 11.7 Å². The molecule has 0 aliphatic carbocycles. The summed E-state index contributed by atoms with van der Waals surface area (Å²) >= 11 is 0. The van der Waals surface area contributed by atoms with Crippen molar-refractivity contribution in [3.05, 3.63) is 82.9 Å². The van der Waals surface area contributed by atoms with Crippen molar-refractivity contribution in [2.45, 2.75) is 33.1 Å². The number of benzene rings is 2. The van der Waals surface area contributed by atoms with Gasteiger partial charge in [-0.2, -0.15) is 0 Å². The van der Waals surface area contributed by atoms with Crippen molar-refractivity contribution in [1.82, 2.24) is 9.97 Å². The molecule has 0 saturated heterocycles. The highest BCUT2D eigenvalue weighted by Gasteiger charge is 2.11. The van der Waals surface area contributed by atoms with E-state index in [4.69, 9.17) is 0 Å². The quantitative estimate of drug-likeness (QED) is 0.597. The number of aromatic nitrogens is 2. The summed E-state index contributed by atoms with van der Waals surface area (Å²) in [6.45, 7) is 6.65. The van der Waals surface area contributed by atoms with Crippen LogP contribution in [0.4, 0.5) is 16.0 Å². The van der Waals surface area contributed by atoms with Crippen molar-refractivity contribution >= 4 is 17.5 Å². The van der Waals surface area contributed by atoms with Gasteiger partial charge in [-0.25, -0.2) is 14.4 Å². The van der Waals surface area contributed by atoms with Gasteiger partial charge in [0.25, 0.3) is 5.91 Å². The number of hydrogen-bond donors (Lipinski definition) is 2. The van der Waals surface area contributed by atoms with Crippen LogP contribution in [-0.4, -0.2) is 22.4 Å². The molecule has 3 rings (SSSR count). The van der Waals surface area contributed by atoms with Gasteiger partial charge in [0.05, 0.1) is 0 Å². The van der Waals surface area contributed by atoms with Crippen LogP contribution in [-0.2, 0) is 6.42 Å². The molecule has 0 aliphatic heterocycles. The Morgan fingerprint density at radius 3 is 2.38 bits per heavy atom. The third kappa shape index (κ3) is 5.85. The number of nitrogens with zero attached hydrogens (tertiary/aromatic N) is 2. The summed E-state index contributed by atoms with van der Waals surface area (Å²) in [5.41, 5.74) is 3.95. The lowest BCUT2D eigenvalue weighted by Gasteiger charge is -2.10. The summed E-state index contributed by atoms with van der Waals surface area (Å²) in [7, 11) is 0. The monoisotopic (exact) mass is 392 g/mol. The predicted octanol–water partition coefficient (Wildman–Crippen LogP) is 4.95. The number of nitrogens with one attached hydrogen (secondary N) is 2. The Kier molecular flexibility index (Phi) is 6.54. The number of halogens is 1. The average molecular weight is 392 g/mol. The molecule has 0 radical (unpaired) electrons. The first-order valence-corrected chi connectivity index (χ1v) is 9.66. The van der Waals surface area contributed by atoms with Crippen LogP contribution < -0.4 is 10.6 Å². The van der Waals surface area contributed by atoms with Crippen LogP contribution in [0.5, 0.6) is 0 Å². The zero-order valence-corrected chi connectivity index (χ0v) is 16.9. The van der Waals surface area contributed by atoms with E-state index in [1.54, 1.807) is 18.2 Å². The zero-order valence-electron chi connectivity index (χ0n) is 16.9. The van der Waals surface area contributed by atoms with Crippen LogP contribution in [0.2, 0.25) is 0 Å². The normalized spacial score (nSPS) is 10.8. The lowest BCUT2D eigenvalue weighted by molar-refractivity contribution is 0.102. The smallest absolute Gasteiger partial charge is 0.274 e. The predicted molar refractivity (Wildman–Crippen MR) is 114 cm³/mol. The van der Waals surface area contributed by atoms with Crippen LogP contribution >= 0.6 is 0 Å². The summed E-state index contributed by atoms with van der Waals surface area (Å²) in [4.78, 5) is 21.3. The lowest BCUT2D eigenvalue weighted by Crippen LogP contribution is -2.17. The van der Waals surface area contributed by atoms with Gasteiger partial charge in [-0.1, -0.05) is 38.1 Å². The molecule has 1 heterocycles. The molecule has 5 nitrogen and oxygen atoms in total. The Bertz CT molecular complexity index is 969. The van der Waals surface area contributed by atoms with Crippen LogP contribution in [0, 0.1) is 12.7 Å². The van der Waals surface area contributed by atoms with E-state index >= 15 is 0 Å². The molecule has 0 bridgehead atoms. The second kappa shape index (κ2) is 9.28. The summed E-state index contributed by atoms with van der Waals surface area (Å²) in [6.07, 6.45) is 0.696. The fourth-order valence-electron chi connectivity index (χ4n) is 2.88. The summed E-state index contributed by atoms with van der Waals surface area (Å²) in [5, 5.41) is 6.01. The van der Waals surface area contributed by atoms with Crippen LogP contribution in [0.15, 0.2) is 54.6 Å². The van der Waals surface area contributed by atoms with Gasteiger partial charge in [-0.05, 0) is 60.7 Å². The van der Waals surface area contributed by atoms with E-state index in [1.165, 1.54) is 17.7 Å². The van der Waals surface area contributed by atoms with E-state index in [9.17, 15) is 9.18 Å². The largest absolute Gasteiger partial charge is 0.354 e. The fourth-order valence-corrected chi connectivity index (χ4v) is 2.88. The van der Waals surface area contributed by atoms with Crippen molar-refractivity contribution < 1.29 is 9.18 Å². The van der Waals surface area contributed by atoms with Crippen LogP contribution in [0.3, 0.4) is 0 Å². The third-order valence-corrected chi connectivity index (χ3v) is 4.53. The molecule has 0 spiro atoms. The van der Waals surface area contributed by atoms with Crippen LogP contribution in [0.1, 0.15) is 47.1 Å². The van der Waals surface area contributed by atoms with Crippen molar-refractivity contribution in [1.29, 1.82) is 0 Å². The SMILES string of the molecule is Cc1cc(C(=O)Nc2ccc(C(C)C)cc2)nc(NCCc2ccc(F)cc2)n1. The molecule has 150 valence electrons. The highest BCUT2D eigenvalue weighted by atomic mass is 19.1. The molecule has 0 atom stereocenters. The number of carbonyl (C=O) groups excluding carboxylic acids is 1. The fraction of sp³-hybridized carbons (Fsp3) is 0.261. The molecule has 0 unspecified atom stereocenters. The maximum atomic E-state index is 13.0. The minimum absolute atomic E-state index is 0.252. The number of aryl methyl sites for hydroxylation is 1. The minimum Gasteiger partial charge on any atom is -0.354 e. The maximum absolute atomic E-state index is 13.0. The van der Waals surface area contributed by atoms with E-state index < -0.39 is 0 Å². The summed E-state index contributed by atoms with van der Waals surface area (Å²) in [5.74, 6) is 0.299. The lowest BCUT2D eigenvalue weighted by atomic mass is 10.0. The van der Waals surface area contributed by atoms with Gasteiger partial charge in [0.15, 0.2) is 0 Å². The molecule has 29 heavy (non-hydrogen) atoms. The topological polar surface area (TPSA) is 66.9 Å². The summed E-state index contributed by atoms with van der Waals surface area (Å²) < 4.78 is 13.0. The Balaban J connectivity index is 1.62. The Hall–Kier alpha value is -3.28. The number of hydrogen-bond acceptors (Lipinski definition) is 4. The number of amides is 1. The van der Waals surface area contributed by atoms with Crippen LogP contribution in [0.25, 0.3) is 0 Å². The highest BCUT2D eigenvalue weighted by Crippen LogP contribution is 2.18. The molecule has 3 aromatic rings. The zero-order chi connectivity index (χ0) is 20.8. The van der Waals surface area contributed by atoms with Crippen molar-refractivity contribution in [3.8, 4) is 0 Å². The number of carbonyl (C=O) groups is 1. The van der Waals surface area contributed by atoms with E-state index in [1.807, 2.05) is 31.2 Å². The molecule has 1 aromatic heterocycles. The number of anilines is 2. The molecule has 2 aromatic carbocycles. The molecular weight excluding hydrogens is 367 g/mol. The van der Waals surface area contributed by atoms with Gasteiger partial charge >= 0.3 is 0 Å². The minimum atomic E-state index is -0.283.